The number of nitrogens with one attached hydrogen (secondary N) is 1. The van der Waals surface area contributed by atoms with Crippen molar-refractivity contribution in [2.45, 2.75) is 32.2 Å². The second-order valence-corrected chi connectivity index (χ2v) is 9.98. The fourth-order valence-electron chi connectivity index (χ4n) is 4.09. The molecule has 1 aliphatic heterocycles. The topological polar surface area (TPSA) is 71.1 Å². The molecule has 31 heavy (non-hydrogen) atoms. The van der Waals surface area contributed by atoms with Crippen LogP contribution in [-0.4, -0.2) is 28.2 Å². The predicted octanol–water partition coefficient (Wildman–Crippen LogP) is 5.73. The lowest BCUT2D eigenvalue weighted by Crippen LogP contribution is -2.30. The Balaban J connectivity index is 1.76. The van der Waals surface area contributed by atoms with Gasteiger partial charge in [-0.05, 0) is 24.3 Å². The van der Waals surface area contributed by atoms with Gasteiger partial charge in [0.15, 0.2) is 5.13 Å². The second-order valence-electron chi connectivity index (χ2n) is 8.54. The largest absolute Gasteiger partial charge is 0.496 e. The lowest BCUT2D eigenvalue weighted by Gasteiger charge is -2.27. The minimum atomic E-state index is -0.400. The van der Waals surface area contributed by atoms with E-state index in [1.807, 2.05) is 36.4 Å². The summed E-state index contributed by atoms with van der Waals surface area (Å²) in [5.41, 5.74) is 3.68. The summed E-state index contributed by atoms with van der Waals surface area (Å²) in [6.45, 7) is 6.28. The summed E-state index contributed by atoms with van der Waals surface area (Å²) in [5, 5.41) is 8.78. The van der Waals surface area contributed by atoms with Gasteiger partial charge in [0.1, 0.15) is 11.4 Å². The monoisotopic (exact) mass is 452 g/mol. The Labute approximate surface area is 188 Å². The molecule has 0 fully saturated rings. The number of nitrogens with zero attached hydrogens (tertiary/aromatic N) is 3. The number of thiazole rings is 1. The highest BCUT2D eigenvalue weighted by atomic mass is 35.5. The third-order valence-electron chi connectivity index (χ3n) is 5.46. The molecule has 8 heteroatoms. The number of fused-ring (bicyclic) bond motifs is 2. The Hall–Kier alpha value is -2.90. The molecule has 5 rings (SSSR count). The van der Waals surface area contributed by atoms with Crippen LogP contribution in [0.4, 0.5) is 5.13 Å². The minimum absolute atomic E-state index is 0.154. The number of ether oxygens (including phenoxy) is 1. The molecular weight excluding hydrogens is 432 g/mol. The van der Waals surface area contributed by atoms with Crippen molar-refractivity contribution < 1.29 is 9.53 Å². The maximum absolute atomic E-state index is 13.6. The number of para-hydroxylation sites is 1. The van der Waals surface area contributed by atoms with Crippen LogP contribution in [0.25, 0.3) is 10.2 Å². The molecule has 1 unspecified atom stereocenters. The Bertz CT molecular complexity index is 1320. The summed E-state index contributed by atoms with van der Waals surface area (Å²) in [6.07, 6.45) is 0. The van der Waals surface area contributed by atoms with Gasteiger partial charge in [-0.2, -0.15) is 5.10 Å². The van der Waals surface area contributed by atoms with E-state index in [4.69, 9.17) is 21.3 Å². The molecule has 2 aromatic heterocycles. The summed E-state index contributed by atoms with van der Waals surface area (Å²) in [6, 6.07) is 12.9. The maximum atomic E-state index is 13.6. The molecule has 0 radical (unpaired) electrons. The SMILES string of the molecule is COc1ccccc1C1c2c(C(C)(C)C)n[nH]c2C(=O)N1c1nc2ccc(Cl)cc2s1. The van der Waals surface area contributed by atoms with E-state index in [1.165, 1.54) is 11.3 Å². The van der Waals surface area contributed by atoms with Gasteiger partial charge in [0.2, 0.25) is 0 Å². The molecule has 0 saturated carbocycles. The molecular formula is C23H21ClN4O2S. The van der Waals surface area contributed by atoms with Gasteiger partial charge in [-0.15, -0.1) is 0 Å². The van der Waals surface area contributed by atoms with Gasteiger partial charge in [-0.3, -0.25) is 14.8 Å². The highest BCUT2D eigenvalue weighted by molar-refractivity contribution is 7.22. The first-order valence-electron chi connectivity index (χ1n) is 9.91. The first-order chi connectivity index (χ1) is 14.8. The van der Waals surface area contributed by atoms with E-state index < -0.39 is 6.04 Å². The number of hydrogen-bond acceptors (Lipinski definition) is 5. The molecule has 1 aliphatic rings. The maximum Gasteiger partial charge on any atom is 0.279 e. The van der Waals surface area contributed by atoms with Crippen molar-refractivity contribution in [2.24, 2.45) is 0 Å². The average molecular weight is 453 g/mol. The summed E-state index contributed by atoms with van der Waals surface area (Å²) in [5.74, 6) is 0.558. The summed E-state index contributed by atoms with van der Waals surface area (Å²) in [4.78, 5) is 20.1. The third-order valence-corrected chi connectivity index (χ3v) is 6.71. The zero-order valence-corrected chi connectivity index (χ0v) is 19.1. The molecule has 0 spiro atoms. The zero-order valence-electron chi connectivity index (χ0n) is 17.6. The van der Waals surface area contributed by atoms with E-state index in [-0.39, 0.29) is 11.3 Å². The van der Waals surface area contributed by atoms with Crippen LogP contribution < -0.4 is 9.64 Å². The van der Waals surface area contributed by atoms with Gasteiger partial charge in [0.25, 0.3) is 5.91 Å². The van der Waals surface area contributed by atoms with E-state index in [2.05, 4.69) is 31.0 Å². The van der Waals surface area contributed by atoms with Gasteiger partial charge in [0, 0.05) is 21.6 Å². The van der Waals surface area contributed by atoms with E-state index in [9.17, 15) is 4.79 Å². The number of aromatic amines is 1. The van der Waals surface area contributed by atoms with Crippen LogP contribution in [0.2, 0.25) is 5.02 Å². The van der Waals surface area contributed by atoms with Crippen molar-refractivity contribution in [3.05, 3.63) is 70.0 Å². The average Bonchev–Trinajstić information content (AvgIpc) is 3.40. The van der Waals surface area contributed by atoms with Crippen LogP contribution in [0, 0.1) is 0 Å². The third kappa shape index (κ3) is 3.11. The number of carbonyl (C=O) groups excluding carboxylic acids is 1. The van der Waals surface area contributed by atoms with E-state index in [1.54, 1.807) is 18.1 Å². The molecule has 1 N–H and O–H groups in total. The lowest BCUT2D eigenvalue weighted by atomic mass is 9.85. The molecule has 1 amide bonds. The van der Waals surface area contributed by atoms with E-state index >= 15 is 0 Å². The molecule has 2 aromatic carbocycles. The highest BCUT2D eigenvalue weighted by Crippen LogP contribution is 2.48. The minimum Gasteiger partial charge on any atom is -0.496 e. The summed E-state index contributed by atoms with van der Waals surface area (Å²) >= 11 is 7.62. The van der Waals surface area contributed by atoms with Crippen LogP contribution in [0.3, 0.4) is 0 Å². The van der Waals surface area contributed by atoms with Crippen LogP contribution >= 0.6 is 22.9 Å². The number of benzene rings is 2. The second kappa shape index (κ2) is 7.07. The van der Waals surface area contributed by atoms with E-state index in [0.29, 0.717) is 21.6 Å². The van der Waals surface area contributed by atoms with Crippen molar-refractivity contribution in [3.63, 3.8) is 0 Å². The molecule has 0 bridgehead atoms. The van der Waals surface area contributed by atoms with E-state index in [0.717, 1.165) is 27.0 Å². The van der Waals surface area contributed by atoms with Crippen molar-refractivity contribution >= 4 is 44.2 Å². The first kappa shape index (κ1) is 20.0. The molecule has 4 aromatic rings. The summed E-state index contributed by atoms with van der Waals surface area (Å²) < 4.78 is 6.60. The number of aromatic nitrogens is 3. The highest BCUT2D eigenvalue weighted by Gasteiger charge is 2.46. The fourth-order valence-corrected chi connectivity index (χ4v) is 5.36. The number of halogens is 1. The standard InChI is InChI=1S/C23H21ClN4O2S/c1-23(2,3)20-17-18(26-27-20)21(29)28(19(17)13-7-5-6-8-15(13)30-4)22-25-14-10-9-12(24)11-16(14)31-22/h5-11,19H,1-4H3,(H,26,27). The van der Waals surface area contributed by atoms with Gasteiger partial charge in [0.05, 0.1) is 29.1 Å². The Morgan fingerprint density at radius 1 is 1.19 bits per heavy atom. The zero-order chi connectivity index (χ0) is 21.9. The fraction of sp³-hybridized carbons (Fsp3) is 0.261. The Morgan fingerprint density at radius 3 is 2.71 bits per heavy atom. The lowest BCUT2D eigenvalue weighted by molar-refractivity contribution is 0.0988. The molecule has 0 saturated heterocycles. The molecule has 0 aliphatic carbocycles. The number of H-pyrrole nitrogens is 1. The predicted molar refractivity (Wildman–Crippen MR) is 124 cm³/mol. The van der Waals surface area contributed by atoms with Crippen LogP contribution in [0.1, 0.15) is 54.1 Å². The van der Waals surface area contributed by atoms with Gasteiger partial charge >= 0.3 is 0 Å². The van der Waals surface area contributed by atoms with Gasteiger partial charge < -0.3 is 4.74 Å². The number of amides is 1. The van der Waals surface area contributed by atoms with Crippen molar-refractivity contribution in [2.75, 3.05) is 12.0 Å². The number of anilines is 1. The Morgan fingerprint density at radius 2 is 1.97 bits per heavy atom. The van der Waals surface area contributed by atoms with Crippen molar-refractivity contribution in [1.29, 1.82) is 0 Å². The number of hydrogen-bond donors (Lipinski definition) is 1. The smallest absolute Gasteiger partial charge is 0.279 e. The van der Waals surface area contributed by atoms with Crippen molar-refractivity contribution in [3.8, 4) is 5.75 Å². The first-order valence-corrected chi connectivity index (χ1v) is 11.1. The summed E-state index contributed by atoms with van der Waals surface area (Å²) in [7, 11) is 1.64. The normalized spacial score (nSPS) is 16.2. The molecule has 6 nitrogen and oxygen atoms in total. The molecule has 1 atom stereocenters. The molecule has 3 heterocycles. The van der Waals surface area contributed by atoms with Crippen LogP contribution in [0.15, 0.2) is 42.5 Å². The quantitative estimate of drug-likeness (QED) is 0.431. The van der Waals surface area contributed by atoms with Gasteiger partial charge in [-0.25, -0.2) is 4.98 Å². The molecule has 158 valence electrons. The van der Waals surface area contributed by atoms with Crippen LogP contribution in [-0.2, 0) is 5.41 Å². The van der Waals surface area contributed by atoms with Gasteiger partial charge in [-0.1, -0.05) is 61.9 Å². The Kier molecular flexibility index (Phi) is 4.57. The number of carbonyl (C=O) groups is 1. The van der Waals surface area contributed by atoms with Crippen LogP contribution in [0.5, 0.6) is 5.75 Å². The number of rotatable bonds is 3. The number of methoxy groups -OCH3 is 1. The van der Waals surface area contributed by atoms with Crippen molar-refractivity contribution in [1.82, 2.24) is 15.2 Å².